The van der Waals surface area contributed by atoms with Gasteiger partial charge in [0.2, 0.25) is 5.95 Å². The topological polar surface area (TPSA) is 16.1 Å². The number of benzene rings is 1. The smallest absolute Gasteiger partial charge is 0.214 e. The van der Waals surface area contributed by atoms with Crippen molar-refractivity contribution in [2.75, 3.05) is 11.9 Å². The van der Waals surface area contributed by atoms with E-state index in [1.165, 1.54) is 18.2 Å². The minimum Gasteiger partial charge on any atom is -0.355 e. The molecular weight excluding hydrogens is 302 g/mol. The molecule has 2 nitrogen and oxygen atoms in total. The summed E-state index contributed by atoms with van der Waals surface area (Å²) >= 11 is 3.30. The first-order chi connectivity index (χ1) is 8.56. The Bertz CT molecular complexity index is 560. The number of hydrogen-bond donors (Lipinski definition) is 0. The summed E-state index contributed by atoms with van der Waals surface area (Å²) in [6, 6.07) is 9.11. The molecule has 0 radical (unpaired) electrons. The molecule has 0 bridgehead atoms. The summed E-state index contributed by atoms with van der Waals surface area (Å²) in [5, 5.41) is 0. The van der Waals surface area contributed by atoms with Crippen LogP contribution in [0.1, 0.15) is 5.56 Å². The minimum absolute atomic E-state index is 0.294. The Labute approximate surface area is 112 Å². The molecule has 0 spiro atoms. The van der Waals surface area contributed by atoms with E-state index in [1.54, 1.807) is 30.1 Å². The van der Waals surface area contributed by atoms with Crippen molar-refractivity contribution in [3.63, 3.8) is 0 Å². The molecule has 0 fully saturated rings. The van der Waals surface area contributed by atoms with E-state index in [-0.39, 0.29) is 5.82 Å². The van der Waals surface area contributed by atoms with Crippen LogP contribution in [0.25, 0.3) is 0 Å². The van der Waals surface area contributed by atoms with Gasteiger partial charge >= 0.3 is 0 Å². The van der Waals surface area contributed by atoms with Crippen LogP contribution in [0.5, 0.6) is 0 Å². The largest absolute Gasteiger partial charge is 0.355 e. The van der Waals surface area contributed by atoms with Crippen LogP contribution in [0.2, 0.25) is 0 Å². The lowest BCUT2D eigenvalue weighted by molar-refractivity contribution is 0.582. The van der Waals surface area contributed by atoms with E-state index in [1.807, 2.05) is 0 Å². The highest BCUT2D eigenvalue weighted by molar-refractivity contribution is 9.10. The van der Waals surface area contributed by atoms with Crippen LogP contribution in [-0.4, -0.2) is 12.0 Å². The molecule has 0 saturated heterocycles. The van der Waals surface area contributed by atoms with Crippen molar-refractivity contribution in [1.82, 2.24) is 4.98 Å². The predicted octanol–water partition coefficient (Wildman–Crippen LogP) is 3.76. The Balaban J connectivity index is 2.18. The second kappa shape index (κ2) is 5.44. The van der Waals surface area contributed by atoms with Gasteiger partial charge in [0.25, 0.3) is 0 Å². The van der Waals surface area contributed by atoms with Crippen molar-refractivity contribution >= 4 is 21.7 Å². The van der Waals surface area contributed by atoms with Gasteiger partial charge in [-0.25, -0.2) is 9.37 Å². The minimum atomic E-state index is -0.516. The molecule has 0 aliphatic carbocycles. The molecule has 5 heteroatoms. The molecule has 2 aromatic rings. The zero-order valence-electron chi connectivity index (χ0n) is 9.70. The van der Waals surface area contributed by atoms with Crippen LogP contribution in [-0.2, 0) is 6.54 Å². The average Bonchev–Trinajstić information content (AvgIpc) is 2.32. The summed E-state index contributed by atoms with van der Waals surface area (Å²) in [5.41, 5.74) is 0.907. The lowest BCUT2D eigenvalue weighted by atomic mass is 10.2. The summed E-state index contributed by atoms with van der Waals surface area (Å²) in [4.78, 5) is 5.58. The third-order valence-electron chi connectivity index (χ3n) is 2.51. The number of nitrogens with zero attached hydrogens (tertiary/aromatic N) is 2. The van der Waals surface area contributed by atoms with Gasteiger partial charge < -0.3 is 4.90 Å². The number of aromatic nitrogens is 1. The highest BCUT2D eigenvalue weighted by Crippen LogP contribution is 2.21. The number of hydrogen-bond acceptors (Lipinski definition) is 2. The molecule has 18 heavy (non-hydrogen) atoms. The summed E-state index contributed by atoms with van der Waals surface area (Å²) in [7, 11) is 1.80. The first kappa shape index (κ1) is 13.0. The highest BCUT2D eigenvalue weighted by Gasteiger charge is 2.07. The van der Waals surface area contributed by atoms with Crippen molar-refractivity contribution in [2.24, 2.45) is 0 Å². The monoisotopic (exact) mass is 312 g/mol. The first-order valence-corrected chi connectivity index (χ1v) is 6.13. The van der Waals surface area contributed by atoms with Gasteiger partial charge in [-0.3, -0.25) is 0 Å². The maximum atomic E-state index is 13.0. The van der Waals surface area contributed by atoms with Crippen LogP contribution in [0.4, 0.5) is 14.6 Å². The van der Waals surface area contributed by atoms with E-state index in [2.05, 4.69) is 20.9 Å². The van der Waals surface area contributed by atoms with Gasteiger partial charge in [-0.05, 0) is 29.8 Å². The average molecular weight is 313 g/mol. The predicted molar refractivity (Wildman–Crippen MR) is 70.4 cm³/mol. The Morgan fingerprint density at radius 2 is 2.00 bits per heavy atom. The summed E-state index contributed by atoms with van der Waals surface area (Å²) in [6.45, 7) is 0.511. The zero-order chi connectivity index (χ0) is 13.1. The maximum absolute atomic E-state index is 13.0. The van der Waals surface area contributed by atoms with Crippen LogP contribution in [0.15, 0.2) is 40.9 Å². The third-order valence-corrected chi connectivity index (χ3v) is 3.25. The fourth-order valence-electron chi connectivity index (χ4n) is 1.60. The van der Waals surface area contributed by atoms with Gasteiger partial charge in [-0.1, -0.05) is 28.1 Å². The lowest BCUT2D eigenvalue weighted by Gasteiger charge is -2.18. The molecule has 1 aromatic heterocycles. The Morgan fingerprint density at radius 3 is 2.67 bits per heavy atom. The van der Waals surface area contributed by atoms with Gasteiger partial charge in [-0.15, -0.1) is 0 Å². The number of halogens is 3. The normalized spacial score (nSPS) is 10.4. The number of pyridine rings is 1. The van der Waals surface area contributed by atoms with Crippen molar-refractivity contribution in [2.45, 2.75) is 6.54 Å². The van der Waals surface area contributed by atoms with Crippen molar-refractivity contribution in [3.05, 3.63) is 58.2 Å². The van der Waals surface area contributed by atoms with Crippen LogP contribution < -0.4 is 4.90 Å². The van der Waals surface area contributed by atoms with Gasteiger partial charge in [0.05, 0.1) is 0 Å². The molecule has 0 amide bonds. The molecular formula is C13H11BrF2N2. The molecule has 0 unspecified atom stereocenters. The molecule has 0 saturated carbocycles. The molecule has 0 N–H and O–H groups in total. The second-order valence-electron chi connectivity index (χ2n) is 3.91. The summed E-state index contributed by atoms with van der Waals surface area (Å²) < 4.78 is 26.6. The van der Waals surface area contributed by atoms with Gasteiger partial charge in [0.1, 0.15) is 11.6 Å². The molecule has 0 aliphatic rings. The van der Waals surface area contributed by atoms with E-state index in [4.69, 9.17) is 0 Å². The van der Waals surface area contributed by atoms with Crippen LogP contribution in [0, 0.1) is 11.8 Å². The molecule has 2 rings (SSSR count). The van der Waals surface area contributed by atoms with Crippen LogP contribution in [0.3, 0.4) is 0 Å². The van der Waals surface area contributed by atoms with E-state index in [0.29, 0.717) is 16.8 Å². The van der Waals surface area contributed by atoms with E-state index in [0.717, 1.165) is 5.56 Å². The van der Waals surface area contributed by atoms with E-state index >= 15 is 0 Å². The molecule has 1 heterocycles. The zero-order valence-corrected chi connectivity index (χ0v) is 11.3. The molecule has 1 aromatic carbocycles. The lowest BCUT2D eigenvalue weighted by Crippen LogP contribution is -2.18. The SMILES string of the molecule is CN(Cc1ccc(F)cc1Br)c1cccc(F)n1. The van der Waals surface area contributed by atoms with Crippen LogP contribution >= 0.6 is 15.9 Å². The number of rotatable bonds is 3. The molecule has 0 aliphatic heterocycles. The van der Waals surface area contributed by atoms with Crippen molar-refractivity contribution in [1.29, 1.82) is 0 Å². The third kappa shape index (κ3) is 3.04. The quantitative estimate of drug-likeness (QED) is 0.802. The molecule has 94 valence electrons. The van der Waals surface area contributed by atoms with Gasteiger partial charge in [-0.2, -0.15) is 4.39 Å². The second-order valence-corrected chi connectivity index (χ2v) is 4.76. The fraction of sp³-hybridized carbons (Fsp3) is 0.154. The Hall–Kier alpha value is -1.49. The number of anilines is 1. The Kier molecular flexibility index (Phi) is 3.91. The maximum Gasteiger partial charge on any atom is 0.214 e. The highest BCUT2D eigenvalue weighted by atomic mass is 79.9. The van der Waals surface area contributed by atoms with Gasteiger partial charge in [0, 0.05) is 18.1 Å². The molecule has 0 atom stereocenters. The van der Waals surface area contributed by atoms with E-state index < -0.39 is 5.95 Å². The first-order valence-electron chi connectivity index (χ1n) is 5.34. The summed E-state index contributed by atoms with van der Waals surface area (Å²) in [6.07, 6.45) is 0. The fourth-order valence-corrected chi connectivity index (χ4v) is 2.07. The van der Waals surface area contributed by atoms with Crippen molar-refractivity contribution < 1.29 is 8.78 Å². The van der Waals surface area contributed by atoms with E-state index in [9.17, 15) is 8.78 Å². The standard InChI is InChI=1S/C13H11BrF2N2/c1-18(13-4-2-3-12(16)17-13)8-9-5-6-10(15)7-11(9)14/h2-7H,8H2,1H3. The Morgan fingerprint density at radius 1 is 1.22 bits per heavy atom. The van der Waals surface area contributed by atoms with Crippen molar-refractivity contribution in [3.8, 4) is 0 Å². The summed E-state index contributed by atoms with van der Waals surface area (Å²) in [5.74, 6) is -0.277. The van der Waals surface area contributed by atoms with Gasteiger partial charge in [0.15, 0.2) is 0 Å².